The average molecular weight is 398 g/mol. The monoisotopic (exact) mass is 398 g/mol. The Morgan fingerprint density at radius 1 is 1.10 bits per heavy atom. The second-order valence-electron chi connectivity index (χ2n) is 6.65. The van der Waals surface area contributed by atoms with E-state index in [0.29, 0.717) is 29.5 Å². The summed E-state index contributed by atoms with van der Waals surface area (Å²) in [6.45, 7) is 5.62. The first-order valence-electron chi connectivity index (χ1n) is 8.96. The summed E-state index contributed by atoms with van der Waals surface area (Å²) in [5, 5.41) is 10.2. The number of likely N-dealkylation sites (N-methyl/N-ethyl adjacent to an activating group) is 1. The molecule has 29 heavy (non-hydrogen) atoms. The smallest absolute Gasteiger partial charge is 0.254 e. The standard InChI is InChI=1S/C20H22N4O5/c1-12-9-18(23-28-12)21-19(25)10-24(4)20(26)15-5-7-16(8-6-15)27-11-17-13(2)22-29-14(17)3/h5-9H,10-11H2,1-4H3,(H,21,23,25). The molecule has 0 unspecified atom stereocenters. The number of nitrogens with one attached hydrogen (secondary N) is 1. The molecule has 0 saturated heterocycles. The zero-order valence-electron chi connectivity index (χ0n) is 16.7. The van der Waals surface area contributed by atoms with Crippen molar-refractivity contribution in [1.29, 1.82) is 0 Å². The number of hydrogen-bond donors (Lipinski definition) is 1. The quantitative estimate of drug-likeness (QED) is 0.651. The molecule has 0 saturated carbocycles. The Hall–Kier alpha value is -3.62. The Balaban J connectivity index is 1.54. The third-order valence-electron chi connectivity index (χ3n) is 4.29. The lowest BCUT2D eigenvalue weighted by atomic mass is 10.2. The van der Waals surface area contributed by atoms with Gasteiger partial charge >= 0.3 is 0 Å². The molecular formula is C20H22N4O5. The third-order valence-corrected chi connectivity index (χ3v) is 4.29. The Bertz CT molecular complexity index is 987. The first-order valence-corrected chi connectivity index (χ1v) is 8.96. The van der Waals surface area contributed by atoms with Gasteiger partial charge < -0.3 is 24.0 Å². The second kappa shape index (κ2) is 8.59. The van der Waals surface area contributed by atoms with Gasteiger partial charge in [0.05, 0.1) is 17.8 Å². The van der Waals surface area contributed by atoms with Gasteiger partial charge in [0.2, 0.25) is 5.91 Å². The Morgan fingerprint density at radius 2 is 1.83 bits per heavy atom. The molecule has 0 aliphatic heterocycles. The van der Waals surface area contributed by atoms with Crippen LogP contribution in [0.3, 0.4) is 0 Å². The summed E-state index contributed by atoms with van der Waals surface area (Å²) in [4.78, 5) is 25.9. The maximum Gasteiger partial charge on any atom is 0.254 e. The van der Waals surface area contributed by atoms with E-state index in [0.717, 1.165) is 17.0 Å². The normalized spacial score (nSPS) is 10.6. The van der Waals surface area contributed by atoms with Crippen LogP contribution < -0.4 is 10.1 Å². The van der Waals surface area contributed by atoms with Crippen molar-refractivity contribution in [1.82, 2.24) is 15.2 Å². The third kappa shape index (κ3) is 5.01. The molecule has 152 valence electrons. The maximum absolute atomic E-state index is 12.5. The summed E-state index contributed by atoms with van der Waals surface area (Å²) in [6.07, 6.45) is 0. The first-order chi connectivity index (χ1) is 13.8. The van der Waals surface area contributed by atoms with Gasteiger partial charge in [-0.15, -0.1) is 0 Å². The van der Waals surface area contributed by atoms with Crippen molar-refractivity contribution in [2.24, 2.45) is 0 Å². The van der Waals surface area contributed by atoms with Crippen molar-refractivity contribution < 1.29 is 23.4 Å². The molecule has 0 aliphatic rings. The van der Waals surface area contributed by atoms with E-state index in [4.69, 9.17) is 13.8 Å². The fourth-order valence-corrected chi connectivity index (χ4v) is 2.67. The molecule has 1 N–H and O–H groups in total. The topological polar surface area (TPSA) is 111 Å². The molecule has 0 atom stereocenters. The molecule has 0 spiro atoms. The molecule has 2 aromatic heterocycles. The van der Waals surface area contributed by atoms with Crippen LogP contribution in [0.5, 0.6) is 5.75 Å². The van der Waals surface area contributed by atoms with Gasteiger partial charge in [-0.3, -0.25) is 9.59 Å². The summed E-state index contributed by atoms with van der Waals surface area (Å²) in [5.41, 5.74) is 2.13. The number of carbonyl (C=O) groups is 2. The van der Waals surface area contributed by atoms with Crippen molar-refractivity contribution in [2.45, 2.75) is 27.4 Å². The molecule has 3 rings (SSSR count). The summed E-state index contributed by atoms with van der Waals surface area (Å²) in [5.74, 6) is 1.58. The fourth-order valence-electron chi connectivity index (χ4n) is 2.67. The number of aromatic nitrogens is 2. The Morgan fingerprint density at radius 3 is 2.41 bits per heavy atom. The van der Waals surface area contributed by atoms with E-state index in [1.165, 1.54) is 4.90 Å². The SMILES string of the molecule is Cc1cc(NC(=O)CN(C)C(=O)c2ccc(OCc3c(C)noc3C)cc2)no1. The van der Waals surface area contributed by atoms with Crippen LogP contribution in [0.25, 0.3) is 0 Å². The molecule has 9 heteroatoms. The number of benzene rings is 1. The molecule has 0 aliphatic carbocycles. The number of ether oxygens (including phenoxy) is 1. The number of rotatable bonds is 7. The van der Waals surface area contributed by atoms with E-state index in [2.05, 4.69) is 15.6 Å². The molecule has 3 aromatic rings. The van der Waals surface area contributed by atoms with E-state index in [-0.39, 0.29) is 18.4 Å². The van der Waals surface area contributed by atoms with Gasteiger partial charge in [0, 0.05) is 18.7 Å². The van der Waals surface area contributed by atoms with E-state index in [1.54, 1.807) is 44.3 Å². The van der Waals surface area contributed by atoms with Crippen molar-refractivity contribution in [3.8, 4) is 5.75 Å². The predicted octanol–water partition coefficient (Wildman–Crippen LogP) is 2.88. The number of anilines is 1. The summed E-state index contributed by atoms with van der Waals surface area (Å²) in [7, 11) is 1.55. The molecule has 9 nitrogen and oxygen atoms in total. The first kappa shape index (κ1) is 20.1. The molecule has 2 amide bonds. The van der Waals surface area contributed by atoms with Crippen LogP contribution in [-0.4, -0.2) is 40.6 Å². The van der Waals surface area contributed by atoms with Crippen LogP contribution in [0, 0.1) is 20.8 Å². The van der Waals surface area contributed by atoms with Crippen molar-refractivity contribution >= 4 is 17.6 Å². The Kier molecular flexibility index (Phi) is 5.96. The van der Waals surface area contributed by atoms with Gasteiger partial charge in [0.1, 0.15) is 23.9 Å². The second-order valence-corrected chi connectivity index (χ2v) is 6.65. The largest absolute Gasteiger partial charge is 0.489 e. The van der Waals surface area contributed by atoms with Gasteiger partial charge in [-0.2, -0.15) is 0 Å². The summed E-state index contributed by atoms with van der Waals surface area (Å²) < 4.78 is 15.7. The molecule has 0 bridgehead atoms. The highest BCUT2D eigenvalue weighted by atomic mass is 16.5. The van der Waals surface area contributed by atoms with Crippen molar-refractivity contribution in [2.75, 3.05) is 18.9 Å². The Labute approximate surface area is 167 Å². The highest BCUT2D eigenvalue weighted by molar-refractivity contribution is 5.98. The van der Waals surface area contributed by atoms with Crippen LogP contribution in [0.2, 0.25) is 0 Å². The minimum absolute atomic E-state index is 0.116. The number of amides is 2. The van der Waals surface area contributed by atoms with Crippen molar-refractivity contribution in [3.63, 3.8) is 0 Å². The zero-order valence-corrected chi connectivity index (χ0v) is 16.7. The van der Waals surface area contributed by atoms with Gasteiger partial charge in [0.25, 0.3) is 5.91 Å². The number of aryl methyl sites for hydroxylation is 3. The molecule has 0 fully saturated rings. The molecule has 2 heterocycles. The fraction of sp³-hybridized carbons (Fsp3) is 0.300. The highest BCUT2D eigenvalue weighted by Crippen LogP contribution is 2.18. The van der Waals surface area contributed by atoms with Crippen LogP contribution in [0.1, 0.15) is 33.1 Å². The highest BCUT2D eigenvalue weighted by Gasteiger charge is 2.16. The van der Waals surface area contributed by atoms with E-state index < -0.39 is 0 Å². The summed E-state index contributed by atoms with van der Waals surface area (Å²) >= 11 is 0. The van der Waals surface area contributed by atoms with E-state index >= 15 is 0 Å². The minimum Gasteiger partial charge on any atom is -0.489 e. The molecular weight excluding hydrogens is 376 g/mol. The van der Waals surface area contributed by atoms with Gasteiger partial charge in [0.15, 0.2) is 5.82 Å². The maximum atomic E-state index is 12.5. The van der Waals surface area contributed by atoms with E-state index in [1.807, 2.05) is 13.8 Å². The predicted molar refractivity (Wildman–Crippen MR) is 104 cm³/mol. The van der Waals surface area contributed by atoms with Crippen LogP contribution in [0.4, 0.5) is 5.82 Å². The van der Waals surface area contributed by atoms with Crippen LogP contribution >= 0.6 is 0 Å². The van der Waals surface area contributed by atoms with Crippen LogP contribution in [-0.2, 0) is 11.4 Å². The van der Waals surface area contributed by atoms with Gasteiger partial charge in [-0.1, -0.05) is 10.3 Å². The zero-order chi connectivity index (χ0) is 21.0. The molecule has 1 aromatic carbocycles. The molecule has 0 radical (unpaired) electrons. The average Bonchev–Trinajstić information content (AvgIpc) is 3.24. The van der Waals surface area contributed by atoms with E-state index in [9.17, 15) is 9.59 Å². The van der Waals surface area contributed by atoms with Crippen molar-refractivity contribution in [3.05, 3.63) is 58.7 Å². The minimum atomic E-state index is -0.367. The number of carbonyl (C=O) groups excluding carboxylic acids is 2. The lowest BCUT2D eigenvalue weighted by Crippen LogP contribution is -2.34. The lowest BCUT2D eigenvalue weighted by Gasteiger charge is -2.16. The van der Waals surface area contributed by atoms with Gasteiger partial charge in [-0.25, -0.2) is 0 Å². The number of nitrogens with zero attached hydrogens (tertiary/aromatic N) is 3. The summed E-state index contributed by atoms with van der Waals surface area (Å²) in [6, 6.07) is 8.32. The van der Waals surface area contributed by atoms with Gasteiger partial charge in [-0.05, 0) is 45.0 Å². The lowest BCUT2D eigenvalue weighted by molar-refractivity contribution is -0.116. The van der Waals surface area contributed by atoms with Crippen LogP contribution in [0.15, 0.2) is 39.4 Å². The number of hydrogen-bond acceptors (Lipinski definition) is 7.